The highest BCUT2D eigenvalue weighted by atomic mass is 32.2. The first-order chi connectivity index (χ1) is 18.4. The number of halogens is 4. The quantitative estimate of drug-likeness (QED) is 0.268. The molecule has 1 saturated heterocycles. The summed E-state index contributed by atoms with van der Waals surface area (Å²) in [5.41, 5.74) is -0.218. The largest absolute Gasteiger partial charge is 0.416 e. The predicted octanol–water partition coefficient (Wildman–Crippen LogP) is 6.92. The first kappa shape index (κ1) is 34.5. The van der Waals surface area contributed by atoms with Gasteiger partial charge < -0.3 is 4.90 Å². The lowest BCUT2D eigenvalue weighted by molar-refractivity contribution is -0.137. The SMILES string of the molecule is C=CC.CC.CC(C)N(C1CCN(CC(=O)N(C)c2ccc(F)cc2)CC1)S(=O)c1cccc(C(F)(F)F)c1. The summed E-state index contributed by atoms with van der Waals surface area (Å²) in [6.07, 6.45) is -1.48. The lowest BCUT2D eigenvalue weighted by Gasteiger charge is -2.39. The van der Waals surface area contributed by atoms with Crippen molar-refractivity contribution in [2.75, 3.05) is 31.6 Å². The van der Waals surface area contributed by atoms with E-state index in [1.54, 1.807) is 29.6 Å². The Balaban J connectivity index is 0.00000142. The second-order valence-electron chi connectivity index (χ2n) is 9.07. The summed E-state index contributed by atoms with van der Waals surface area (Å²) in [6, 6.07) is 10.1. The van der Waals surface area contributed by atoms with Crippen LogP contribution in [-0.4, -0.2) is 58.1 Å². The fourth-order valence-corrected chi connectivity index (χ4v) is 5.62. The molecule has 0 radical (unpaired) electrons. The topological polar surface area (TPSA) is 43.9 Å². The van der Waals surface area contributed by atoms with Crippen molar-refractivity contribution in [1.29, 1.82) is 0 Å². The minimum absolute atomic E-state index is 0.0865. The average Bonchev–Trinajstić information content (AvgIpc) is 2.91. The summed E-state index contributed by atoms with van der Waals surface area (Å²) in [7, 11) is -0.101. The van der Waals surface area contributed by atoms with Crippen LogP contribution in [-0.2, 0) is 22.0 Å². The number of anilines is 1. The molecule has 0 aliphatic carbocycles. The maximum atomic E-state index is 13.3. The summed E-state index contributed by atoms with van der Waals surface area (Å²) >= 11 is 0. The number of hydrogen-bond donors (Lipinski definition) is 0. The van der Waals surface area contributed by atoms with Gasteiger partial charge in [0.25, 0.3) is 0 Å². The van der Waals surface area contributed by atoms with Gasteiger partial charge in [-0.2, -0.15) is 13.2 Å². The number of rotatable bonds is 7. The third kappa shape index (κ3) is 10.5. The number of piperidine rings is 1. The Kier molecular flexibility index (Phi) is 14.6. The Labute approximate surface area is 233 Å². The molecule has 1 amide bonds. The van der Waals surface area contributed by atoms with Crippen LogP contribution in [0, 0.1) is 5.82 Å². The molecule has 5 nitrogen and oxygen atoms in total. The number of hydrogen-bond acceptors (Lipinski definition) is 3. The maximum Gasteiger partial charge on any atom is 0.416 e. The first-order valence-corrected chi connectivity index (χ1v) is 14.2. The zero-order valence-electron chi connectivity index (χ0n) is 23.7. The van der Waals surface area contributed by atoms with Gasteiger partial charge >= 0.3 is 6.18 Å². The highest BCUT2D eigenvalue weighted by molar-refractivity contribution is 7.82. The van der Waals surface area contributed by atoms with E-state index >= 15 is 0 Å². The predicted molar refractivity (Wildman–Crippen MR) is 151 cm³/mol. The van der Waals surface area contributed by atoms with Crippen LogP contribution >= 0.6 is 0 Å². The molecule has 2 aromatic rings. The van der Waals surface area contributed by atoms with Gasteiger partial charge in [0.1, 0.15) is 16.8 Å². The number of allylic oxidation sites excluding steroid dienone is 1. The monoisotopic (exact) mass is 571 g/mol. The molecule has 1 aliphatic heterocycles. The summed E-state index contributed by atoms with van der Waals surface area (Å²) < 4.78 is 67.5. The minimum atomic E-state index is -4.50. The van der Waals surface area contributed by atoms with Gasteiger partial charge in [-0.25, -0.2) is 12.9 Å². The van der Waals surface area contributed by atoms with Crippen LogP contribution in [0.1, 0.15) is 53.0 Å². The Hall–Kier alpha value is -2.56. The first-order valence-electron chi connectivity index (χ1n) is 13.1. The molecular weight excluding hydrogens is 530 g/mol. The van der Waals surface area contributed by atoms with E-state index in [1.807, 2.05) is 39.5 Å². The Morgan fingerprint density at radius 3 is 2.15 bits per heavy atom. The van der Waals surface area contributed by atoms with E-state index in [9.17, 15) is 26.6 Å². The second-order valence-corrected chi connectivity index (χ2v) is 10.5. The molecule has 10 heteroatoms. The molecule has 218 valence electrons. The Bertz CT molecular complexity index is 1050. The average molecular weight is 572 g/mol. The minimum Gasteiger partial charge on any atom is -0.314 e. The van der Waals surface area contributed by atoms with E-state index in [1.165, 1.54) is 29.2 Å². The van der Waals surface area contributed by atoms with Crippen LogP contribution in [0.3, 0.4) is 0 Å². The van der Waals surface area contributed by atoms with E-state index in [4.69, 9.17) is 0 Å². The highest BCUT2D eigenvalue weighted by Gasteiger charge is 2.34. The molecular formula is C29H41F4N3O2S. The van der Waals surface area contributed by atoms with Gasteiger partial charge in [0.15, 0.2) is 0 Å². The molecule has 1 aliphatic rings. The molecule has 1 unspecified atom stereocenters. The number of carbonyl (C=O) groups is 1. The van der Waals surface area contributed by atoms with E-state index in [0.717, 1.165) is 12.1 Å². The Morgan fingerprint density at radius 2 is 1.67 bits per heavy atom. The normalized spacial score (nSPS) is 15.1. The molecule has 1 fully saturated rings. The van der Waals surface area contributed by atoms with Gasteiger partial charge in [-0.1, -0.05) is 26.0 Å². The maximum absolute atomic E-state index is 13.3. The zero-order chi connectivity index (χ0) is 29.8. The van der Waals surface area contributed by atoms with Crippen LogP contribution in [0.5, 0.6) is 0 Å². The van der Waals surface area contributed by atoms with Crippen LogP contribution < -0.4 is 4.90 Å². The molecule has 0 saturated carbocycles. The van der Waals surface area contributed by atoms with Gasteiger partial charge in [-0.3, -0.25) is 9.69 Å². The van der Waals surface area contributed by atoms with Gasteiger partial charge in [0.2, 0.25) is 5.91 Å². The molecule has 0 N–H and O–H groups in total. The lowest BCUT2D eigenvalue weighted by atomic mass is 10.0. The van der Waals surface area contributed by atoms with E-state index in [2.05, 4.69) is 6.58 Å². The molecule has 1 atom stereocenters. The van der Waals surface area contributed by atoms with Crippen LogP contribution in [0.2, 0.25) is 0 Å². The molecule has 1 heterocycles. The molecule has 3 rings (SSSR count). The molecule has 0 aromatic heterocycles. The second kappa shape index (κ2) is 16.5. The summed E-state index contributed by atoms with van der Waals surface area (Å²) in [5, 5.41) is 0. The molecule has 0 bridgehead atoms. The fraction of sp³-hybridized carbons (Fsp3) is 0.483. The van der Waals surface area contributed by atoms with Crippen molar-refractivity contribution in [2.45, 2.75) is 70.6 Å². The smallest absolute Gasteiger partial charge is 0.314 e. The summed E-state index contributed by atoms with van der Waals surface area (Å²) in [6.45, 7) is 14.4. The van der Waals surface area contributed by atoms with Crippen molar-refractivity contribution in [2.24, 2.45) is 0 Å². The summed E-state index contributed by atoms with van der Waals surface area (Å²) in [4.78, 5) is 16.3. The number of benzene rings is 2. The third-order valence-corrected chi connectivity index (χ3v) is 7.69. The van der Waals surface area contributed by atoms with Crippen molar-refractivity contribution in [3.05, 3.63) is 72.6 Å². The van der Waals surface area contributed by atoms with E-state index in [0.29, 0.717) is 31.6 Å². The number of likely N-dealkylation sites (N-methyl/N-ethyl adjacent to an activating group) is 1. The van der Waals surface area contributed by atoms with Crippen molar-refractivity contribution >= 4 is 22.6 Å². The van der Waals surface area contributed by atoms with Crippen LogP contribution in [0.4, 0.5) is 23.2 Å². The molecule has 2 aromatic carbocycles. The van der Waals surface area contributed by atoms with Gasteiger partial charge in [0, 0.05) is 37.9 Å². The zero-order valence-corrected chi connectivity index (χ0v) is 24.5. The number of nitrogens with zero attached hydrogens (tertiary/aromatic N) is 3. The van der Waals surface area contributed by atoms with Gasteiger partial charge in [-0.05, 0) is 76.1 Å². The van der Waals surface area contributed by atoms with E-state index in [-0.39, 0.29) is 35.2 Å². The standard InChI is InChI=1S/C24H29F4N3O2S.C3H6.C2H6/c1-17(2)31(34(33)22-6-4-5-18(15-22)24(26,27)28)21-11-13-30(14-12-21)16-23(32)29(3)20-9-7-19(25)8-10-20;1-3-2;1-2/h4-10,15,17,21H,11-14,16H2,1-3H3;3H,1H2,2H3;1-2H3. The van der Waals surface area contributed by atoms with Gasteiger partial charge in [0.05, 0.1) is 17.0 Å². The van der Waals surface area contributed by atoms with Crippen molar-refractivity contribution < 1.29 is 26.6 Å². The van der Waals surface area contributed by atoms with Crippen molar-refractivity contribution in [1.82, 2.24) is 9.21 Å². The fourth-order valence-electron chi connectivity index (χ4n) is 4.09. The highest BCUT2D eigenvalue weighted by Crippen LogP contribution is 2.31. The molecule has 39 heavy (non-hydrogen) atoms. The van der Waals surface area contributed by atoms with Crippen molar-refractivity contribution in [3.8, 4) is 0 Å². The number of likely N-dealkylation sites (tertiary alicyclic amines) is 1. The number of alkyl halides is 3. The van der Waals surface area contributed by atoms with Crippen molar-refractivity contribution in [3.63, 3.8) is 0 Å². The third-order valence-electron chi connectivity index (χ3n) is 5.93. The Morgan fingerprint density at radius 1 is 1.13 bits per heavy atom. The summed E-state index contributed by atoms with van der Waals surface area (Å²) in [5.74, 6) is -0.498. The van der Waals surface area contributed by atoms with Gasteiger partial charge in [-0.15, -0.1) is 6.58 Å². The van der Waals surface area contributed by atoms with Crippen LogP contribution in [0.15, 0.2) is 66.1 Å². The number of amides is 1. The van der Waals surface area contributed by atoms with Crippen LogP contribution in [0.25, 0.3) is 0 Å². The lowest BCUT2D eigenvalue weighted by Crippen LogP contribution is -2.50. The molecule has 0 spiro atoms. The number of carbonyl (C=O) groups excluding carboxylic acids is 1. The van der Waals surface area contributed by atoms with E-state index < -0.39 is 22.7 Å².